The number of amides is 1. The fourth-order valence-corrected chi connectivity index (χ4v) is 2.65. The van der Waals surface area contributed by atoms with Crippen LogP contribution in [0.4, 0.5) is 4.39 Å². The standard InChI is InChI=1S/C15H17FN2OS/c1-11-10-18-15(20-11)8-9-17-14(19)7-6-12-4-2-3-5-13(12)16/h2-5,10H,6-9H2,1H3,(H,17,19). The second-order valence-corrected chi connectivity index (χ2v) is 5.88. The van der Waals surface area contributed by atoms with Crippen molar-refractivity contribution in [2.75, 3.05) is 6.54 Å². The summed E-state index contributed by atoms with van der Waals surface area (Å²) in [5, 5.41) is 3.86. The molecule has 1 N–H and O–H groups in total. The number of nitrogens with zero attached hydrogens (tertiary/aromatic N) is 1. The number of aryl methyl sites for hydroxylation is 2. The lowest BCUT2D eigenvalue weighted by Crippen LogP contribution is -2.25. The molecule has 0 unspecified atom stereocenters. The zero-order valence-electron chi connectivity index (χ0n) is 11.4. The fourth-order valence-electron chi connectivity index (χ4n) is 1.86. The van der Waals surface area contributed by atoms with Gasteiger partial charge in [-0.15, -0.1) is 11.3 Å². The van der Waals surface area contributed by atoms with Crippen LogP contribution in [0.2, 0.25) is 0 Å². The molecule has 0 bridgehead atoms. The third-order valence-electron chi connectivity index (χ3n) is 2.91. The number of hydrogen-bond donors (Lipinski definition) is 1. The summed E-state index contributed by atoms with van der Waals surface area (Å²) in [5.41, 5.74) is 0.582. The summed E-state index contributed by atoms with van der Waals surface area (Å²) in [6, 6.07) is 6.55. The van der Waals surface area contributed by atoms with E-state index in [2.05, 4.69) is 10.3 Å². The van der Waals surface area contributed by atoms with Crippen molar-refractivity contribution in [2.45, 2.75) is 26.2 Å². The molecule has 0 atom stereocenters. The van der Waals surface area contributed by atoms with Gasteiger partial charge in [0.15, 0.2) is 0 Å². The lowest BCUT2D eigenvalue weighted by molar-refractivity contribution is -0.121. The second kappa shape index (κ2) is 7.14. The summed E-state index contributed by atoms with van der Waals surface area (Å²) in [4.78, 5) is 17.1. The number of rotatable bonds is 6. The van der Waals surface area contributed by atoms with Gasteiger partial charge in [-0.05, 0) is 25.0 Å². The number of thiazole rings is 1. The minimum absolute atomic E-state index is 0.0541. The number of carbonyl (C=O) groups excluding carboxylic acids is 1. The van der Waals surface area contributed by atoms with Crippen LogP contribution < -0.4 is 5.32 Å². The number of carbonyl (C=O) groups is 1. The smallest absolute Gasteiger partial charge is 0.220 e. The highest BCUT2D eigenvalue weighted by Gasteiger charge is 2.06. The van der Waals surface area contributed by atoms with E-state index in [1.54, 1.807) is 29.5 Å². The summed E-state index contributed by atoms with van der Waals surface area (Å²) in [6.07, 6.45) is 3.30. The van der Waals surface area contributed by atoms with Gasteiger partial charge in [-0.25, -0.2) is 9.37 Å². The number of nitrogens with one attached hydrogen (secondary N) is 1. The molecule has 0 fully saturated rings. The Kier molecular flexibility index (Phi) is 5.24. The molecule has 0 spiro atoms. The Morgan fingerprint density at radius 3 is 2.85 bits per heavy atom. The Hall–Kier alpha value is -1.75. The zero-order chi connectivity index (χ0) is 14.4. The highest BCUT2D eigenvalue weighted by molar-refractivity contribution is 7.11. The summed E-state index contributed by atoms with van der Waals surface area (Å²) >= 11 is 1.64. The van der Waals surface area contributed by atoms with Gasteiger partial charge in [-0.1, -0.05) is 18.2 Å². The van der Waals surface area contributed by atoms with Gasteiger partial charge in [-0.3, -0.25) is 4.79 Å². The molecule has 1 aromatic carbocycles. The Morgan fingerprint density at radius 1 is 1.35 bits per heavy atom. The maximum Gasteiger partial charge on any atom is 0.220 e. The van der Waals surface area contributed by atoms with Crippen molar-refractivity contribution in [2.24, 2.45) is 0 Å². The Bertz CT molecular complexity index is 583. The van der Waals surface area contributed by atoms with E-state index >= 15 is 0 Å². The van der Waals surface area contributed by atoms with E-state index in [-0.39, 0.29) is 11.7 Å². The summed E-state index contributed by atoms with van der Waals surface area (Å²) < 4.78 is 13.4. The van der Waals surface area contributed by atoms with Crippen LogP contribution in [0.3, 0.4) is 0 Å². The molecule has 0 radical (unpaired) electrons. The van der Waals surface area contributed by atoms with Crippen LogP contribution in [0.5, 0.6) is 0 Å². The van der Waals surface area contributed by atoms with Crippen LogP contribution in [-0.2, 0) is 17.6 Å². The quantitative estimate of drug-likeness (QED) is 0.889. The molecule has 0 aliphatic rings. The first-order chi connectivity index (χ1) is 9.65. The average molecular weight is 292 g/mol. The molecule has 0 aliphatic heterocycles. The number of benzene rings is 1. The van der Waals surface area contributed by atoms with Crippen molar-refractivity contribution in [3.8, 4) is 0 Å². The fraction of sp³-hybridized carbons (Fsp3) is 0.333. The predicted molar refractivity (Wildman–Crippen MR) is 78.3 cm³/mol. The Labute approximate surface area is 121 Å². The van der Waals surface area contributed by atoms with Crippen LogP contribution in [0.25, 0.3) is 0 Å². The van der Waals surface area contributed by atoms with Gasteiger partial charge in [-0.2, -0.15) is 0 Å². The van der Waals surface area contributed by atoms with Crippen molar-refractivity contribution < 1.29 is 9.18 Å². The molecular weight excluding hydrogens is 275 g/mol. The van der Waals surface area contributed by atoms with Crippen LogP contribution in [0.1, 0.15) is 21.9 Å². The van der Waals surface area contributed by atoms with Crippen LogP contribution in [0.15, 0.2) is 30.5 Å². The second-order valence-electron chi connectivity index (χ2n) is 4.56. The van der Waals surface area contributed by atoms with E-state index in [0.29, 0.717) is 24.9 Å². The van der Waals surface area contributed by atoms with Gasteiger partial charge < -0.3 is 5.32 Å². The summed E-state index contributed by atoms with van der Waals surface area (Å²) in [7, 11) is 0. The largest absolute Gasteiger partial charge is 0.356 e. The SMILES string of the molecule is Cc1cnc(CCNC(=O)CCc2ccccc2F)s1. The first-order valence-electron chi connectivity index (χ1n) is 6.56. The molecule has 0 saturated carbocycles. The monoisotopic (exact) mass is 292 g/mol. The van der Waals surface area contributed by atoms with Gasteiger partial charge in [0.2, 0.25) is 5.91 Å². The molecule has 2 rings (SSSR count). The third kappa shape index (κ3) is 4.42. The van der Waals surface area contributed by atoms with Gasteiger partial charge in [0, 0.05) is 30.5 Å². The molecule has 5 heteroatoms. The van der Waals surface area contributed by atoms with Crippen molar-refractivity contribution in [1.82, 2.24) is 10.3 Å². The topological polar surface area (TPSA) is 42.0 Å². The van der Waals surface area contributed by atoms with Crippen LogP contribution >= 0.6 is 11.3 Å². The van der Waals surface area contributed by atoms with Gasteiger partial charge in [0.1, 0.15) is 5.82 Å². The van der Waals surface area contributed by atoms with Crippen LogP contribution in [0, 0.1) is 12.7 Å². The predicted octanol–water partition coefficient (Wildman–Crippen LogP) is 2.88. The zero-order valence-corrected chi connectivity index (χ0v) is 12.2. The number of aromatic nitrogens is 1. The van der Waals surface area contributed by atoms with Crippen molar-refractivity contribution in [1.29, 1.82) is 0 Å². The summed E-state index contributed by atoms with van der Waals surface area (Å²) in [5.74, 6) is -0.305. The van der Waals surface area contributed by atoms with Crippen molar-refractivity contribution in [3.63, 3.8) is 0 Å². The highest BCUT2D eigenvalue weighted by Crippen LogP contribution is 2.11. The van der Waals surface area contributed by atoms with Crippen molar-refractivity contribution in [3.05, 3.63) is 51.7 Å². The van der Waals surface area contributed by atoms with E-state index in [1.165, 1.54) is 10.9 Å². The molecule has 2 aromatic rings. The van der Waals surface area contributed by atoms with E-state index < -0.39 is 0 Å². The molecule has 1 aromatic heterocycles. The lowest BCUT2D eigenvalue weighted by atomic mass is 10.1. The number of hydrogen-bond acceptors (Lipinski definition) is 3. The minimum atomic E-state index is -0.251. The van der Waals surface area contributed by atoms with Gasteiger partial charge in [0.05, 0.1) is 5.01 Å². The van der Waals surface area contributed by atoms with E-state index in [1.807, 2.05) is 13.1 Å². The summed E-state index contributed by atoms with van der Waals surface area (Å²) in [6.45, 7) is 2.58. The Morgan fingerprint density at radius 2 is 2.15 bits per heavy atom. The molecule has 0 saturated heterocycles. The van der Waals surface area contributed by atoms with E-state index in [4.69, 9.17) is 0 Å². The van der Waals surface area contributed by atoms with Crippen LogP contribution in [-0.4, -0.2) is 17.4 Å². The Balaban J connectivity index is 1.69. The van der Waals surface area contributed by atoms with Crippen molar-refractivity contribution >= 4 is 17.2 Å². The molecular formula is C15H17FN2OS. The lowest BCUT2D eigenvalue weighted by Gasteiger charge is -2.05. The molecule has 0 aliphatic carbocycles. The minimum Gasteiger partial charge on any atom is -0.356 e. The first kappa shape index (κ1) is 14.7. The van der Waals surface area contributed by atoms with E-state index in [9.17, 15) is 9.18 Å². The third-order valence-corrected chi connectivity index (χ3v) is 3.88. The van der Waals surface area contributed by atoms with E-state index in [0.717, 1.165) is 11.4 Å². The molecule has 20 heavy (non-hydrogen) atoms. The molecule has 106 valence electrons. The first-order valence-corrected chi connectivity index (χ1v) is 7.38. The highest BCUT2D eigenvalue weighted by atomic mass is 32.1. The molecule has 1 amide bonds. The number of halogens is 1. The molecule has 1 heterocycles. The molecule has 3 nitrogen and oxygen atoms in total. The van der Waals surface area contributed by atoms with Gasteiger partial charge in [0.25, 0.3) is 0 Å². The maximum absolute atomic E-state index is 13.4. The normalized spacial score (nSPS) is 10.5. The maximum atomic E-state index is 13.4. The van der Waals surface area contributed by atoms with Gasteiger partial charge >= 0.3 is 0 Å². The average Bonchev–Trinajstić information content (AvgIpc) is 2.83.